The predicted molar refractivity (Wildman–Crippen MR) is 113 cm³/mol. The number of nitrogens with zero attached hydrogens (tertiary/aromatic N) is 2. The van der Waals surface area contributed by atoms with Crippen molar-refractivity contribution < 1.29 is 19.8 Å². The average Bonchev–Trinajstić information content (AvgIpc) is 2.75. The van der Waals surface area contributed by atoms with Crippen molar-refractivity contribution in [2.75, 3.05) is 26.2 Å². The molecule has 1 saturated heterocycles. The first-order valence-corrected chi connectivity index (χ1v) is 10.4. The van der Waals surface area contributed by atoms with Crippen LogP contribution in [-0.2, 0) is 16.1 Å². The van der Waals surface area contributed by atoms with Crippen molar-refractivity contribution in [3.63, 3.8) is 0 Å². The van der Waals surface area contributed by atoms with Crippen LogP contribution in [-0.4, -0.2) is 64.2 Å². The SMILES string of the molecule is O=C(O)C(=O)O.c1ccc2c(CN3CCN(C4CCCCC4)CC3)cccc2c1. The lowest BCUT2D eigenvalue weighted by atomic mass is 9.94. The number of fused-ring (bicyclic) bond motifs is 1. The summed E-state index contributed by atoms with van der Waals surface area (Å²) in [6.07, 6.45) is 7.21. The topological polar surface area (TPSA) is 81.1 Å². The standard InChI is InChI=1S/C21H28N2.C2H2O4/c1-2-10-20(11-3-1)23-15-13-22(14-16-23)17-19-9-6-8-18-7-4-5-12-21(18)19;3-1(4)2(5)6/h4-9,12,20H,1-3,10-11,13-17H2;(H,3,4)(H,5,6). The minimum Gasteiger partial charge on any atom is -0.473 e. The number of hydrogen-bond donors (Lipinski definition) is 2. The molecule has 2 aromatic rings. The Morgan fingerprint density at radius 1 is 0.828 bits per heavy atom. The second kappa shape index (κ2) is 10.4. The summed E-state index contributed by atoms with van der Waals surface area (Å²) in [6, 6.07) is 16.4. The fourth-order valence-corrected chi connectivity index (χ4v) is 4.40. The van der Waals surface area contributed by atoms with Crippen molar-refractivity contribution in [2.45, 2.75) is 44.7 Å². The van der Waals surface area contributed by atoms with Crippen LogP contribution in [0.25, 0.3) is 10.8 Å². The largest absolute Gasteiger partial charge is 0.473 e. The van der Waals surface area contributed by atoms with Crippen LogP contribution in [0, 0.1) is 0 Å². The Balaban J connectivity index is 0.000000353. The third-order valence-corrected chi connectivity index (χ3v) is 5.95. The smallest absolute Gasteiger partial charge is 0.414 e. The van der Waals surface area contributed by atoms with Gasteiger partial charge in [-0.2, -0.15) is 0 Å². The summed E-state index contributed by atoms with van der Waals surface area (Å²) in [4.78, 5) is 23.6. The van der Waals surface area contributed by atoms with Crippen molar-refractivity contribution >= 4 is 22.7 Å². The molecule has 1 aliphatic carbocycles. The number of piperazine rings is 1. The van der Waals surface area contributed by atoms with Crippen LogP contribution in [0.1, 0.15) is 37.7 Å². The van der Waals surface area contributed by atoms with Gasteiger partial charge in [-0.1, -0.05) is 61.7 Å². The van der Waals surface area contributed by atoms with E-state index in [1.807, 2.05) is 0 Å². The molecule has 0 bridgehead atoms. The summed E-state index contributed by atoms with van der Waals surface area (Å²) >= 11 is 0. The Morgan fingerprint density at radius 2 is 1.45 bits per heavy atom. The molecule has 29 heavy (non-hydrogen) atoms. The Labute approximate surface area is 171 Å². The molecule has 156 valence electrons. The van der Waals surface area contributed by atoms with Gasteiger partial charge in [0.2, 0.25) is 0 Å². The van der Waals surface area contributed by atoms with E-state index in [1.54, 1.807) is 0 Å². The highest BCUT2D eigenvalue weighted by atomic mass is 16.4. The molecule has 0 atom stereocenters. The highest BCUT2D eigenvalue weighted by Gasteiger charge is 2.25. The molecule has 2 N–H and O–H groups in total. The normalized spacial score (nSPS) is 18.8. The van der Waals surface area contributed by atoms with Crippen LogP contribution < -0.4 is 0 Å². The van der Waals surface area contributed by atoms with Gasteiger partial charge in [0, 0.05) is 38.8 Å². The van der Waals surface area contributed by atoms with Crippen LogP contribution in [0.4, 0.5) is 0 Å². The molecule has 2 aliphatic rings. The molecular weight excluding hydrogens is 368 g/mol. The van der Waals surface area contributed by atoms with Crippen LogP contribution in [0.5, 0.6) is 0 Å². The number of carboxylic acid groups (broad SMARTS) is 2. The van der Waals surface area contributed by atoms with Gasteiger partial charge >= 0.3 is 11.9 Å². The van der Waals surface area contributed by atoms with E-state index in [4.69, 9.17) is 19.8 Å². The van der Waals surface area contributed by atoms with E-state index in [0.717, 1.165) is 12.6 Å². The molecule has 0 radical (unpaired) electrons. The molecule has 0 amide bonds. The van der Waals surface area contributed by atoms with Gasteiger partial charge in [-0.15, -0.1) is 0 Å². The molecule has 4 rings (SSSR count). The first-order valence-electron chi connectivity index (χ1n) is 10.4. The molecule has 6 heteroatoms. The lowest BCUT2D eigenvalue weighted by Gasteiger charge is -2.40. The zero-order valence-electron chi connectivity index (χ0n) is 16.8. The molecule has 0 unspecified atom stereocenters. The van der Waals surface area contributed by atoms with Gasteiger partial charge < -0.3 is 10.2 Å². The van der Waals surface area contributed by atoms with Gasteiger partial charge in [-0.25, -0.2) is 9.59 Å². The van der Waals surface area contributed by atoms with Crippen LogP contribution in [0.2, 0.25) is 0 Å². The maximum atomic E-state index is 9.10. The second-order valence-corrected chi connectivity index (χ2v) is 7.85. The minimum absolute atomic E-state index is 0.878. The maximum absolute atomic E-state index is 9.10. The van der Waals surface area contributed by atoms with Gasteiger partial charge in [0.15, 0.2) is 0 Å². The average molecular weight is 399 g/mol. The van der Waals surface area contributed by atoms with E-state index in [2.05, 4.69) is 52.3 Å². The van der Waals surface area contributed by atoms with E-state index < -0.39 is 11.9 Å². The Kier molecular flexibility index (Phi) is 7.61. The van der Waals surface area contributed by atoms with Gasteiger partial charge in [0.1, 0.15) is 0 Å². The van der Waals surface area contributed by atoms with Gasteiger partial charge in [-0.05, 0) is 29.2 Å². The Morgan fingerprint density at radius 3 is 2.10 bits per heavy atom. The molecule has 1 aliphatic heterocycles. The van der Waals surface area contributed by atoms with E-state index >= 15 is 0 Å². The number of rotatable bonds is 3. The number of hydrogen-bond acceptors (Lipinski definition) is 4. The quantitative estimate of drug-likeness (QED) is 0.771. The van der Waals surface area contributed by atoms with Crippen molar-refractivity contribution in [3.05, 3.63) is 48.0 Å². The number of aliphatic carboxylic acids is 2. The first kappa shape index (κ1) is 21.3. The van der Waals surface area contributed by atoms with Crippen molar-refractivity contribution in [1.82, 2.24) is 9.80 Å². The monoisotopic (exact) mass is 398 g/mol. The molecule has 1 saturated carbocycles. The zero-order chi connectivity index (χ0) is 20.6. The molecule has 0 spiro atoms. The predicted octanol–water partition coefficient (Wildman–Crippen LogP) is 3.45. The Hall–Kier alpha value is -2.44. The van der Waals surface area contributed by atoms with Crippen molar-refractivity contribution in [1.29, 1.82) is 0 Å². The number of carboxylic acids is 2. The summed E-state index contributed by atoms with van der Waals surface area (Å²) in [5, 5.41) is 17.6. The fraction of sp³-hybridized carbons (Fsp3) is 0.478. The molecule has 2 aromatic carbocycles. The van der Waals surface area contributed by atoms with Crippen molar-refractivity contribution in [3.8, 4) is 0 Å². The van der Waals surface area contributed by atoms with Gasteiger partial charge in [-0.3, -0.25) is 9.80 Å². The van der Waals surface area contributed by atoms with Crippen LogP contribution in [0.15, 0.2) is 42.5 Å². The van der Waals surface area contributed by atoms with E-state index in [1.165, 1.54) is 74.6 Å². The van der Waals surface area contributed by atoms with E-state index in [-0.39, 0.29) is 0 Å². The summed E-state index contributed by atoms with van der Waals surface area (Å²) in [7, 11) is 0. The fourth-order valence-electron chi connectivity index (χ4n) is 4.40. The number of benzene rings is 2. The maximum Gasteiger partial charge on any atom is 0.414 e. The third kappa shape index (κ3) is 6.02. The number of carbonyl (C=O) groups is 2. The minimum atomic E-state index is -1.82. The molecule has 0 aromatic heterocycles. The molecule has 2 fully saturated rings. The van der Waals surface area contributed by atoms with E-state index in [0.29, 0.717) is 0 Å². The molecule has 6 nitrogen and oxygen atoms in total. The highest BCUT2D eigenvalue weighted by molar-refractivity contribution is 6.27. The summed E-state index contributed by atoms with van der Waals surface area (Å²) < 4.78 is 0. The summed E-state index contributed by atoms with van der Waals surface area (Å²) in [5.74, 6) is -3.65. The summed E-state index contributed by atoms with van der Waals surface area (Å²) in [5.41, 5.74) is 1.48. The molecule has 1 heterocycles. The van der Waals surface area contributed by atoms with E-state index in [9.17, 15) is 0 Å². The lowest BCUT2D eigenvalue weighted by molar-refractivity contribution is -0.159. The van der Waals surface area contributed by atoms with Crippen molar-refractivity contribution in [2.24, 2.45) is 0 Å². The third-order valence-electron chi connectivity index (χ3n) is 5.95. The lowest BCUT2D eigenvalue weighted by Crippen LogP contribution is -2.50. The zero-order valence-corrected chi connectivity index (χ0v) is 16.8. The summed E-state index contributed by atoms with van der Waals surface area (Å²) in [6.45, 7) is 6.06. The Bertz CT molecular complexity index is 807. The van der Waals surface area contributed by atoms with Crippen LogP contribution in [0.3, 0.4) is 0 Å². The molecular formula is C23H30N2O4. The van der Waals surface area contributed by atoms with Gasteiger partial charge in [0.25, 0.3) is 0 Å². The highest BCUT2D eigenvalue weighted by Crippen LogP contribution is 2.25. The van der Waals surface area contributed by atoms with Gasteiger partial charge in [0.05, 0.1) is 0 Å². The first-order chi connectivity index (χ1) is 14.0. The van der Waals surface area contributed by atoms with Crippen LogP contribution >= 0.6 is 0 Å². The second-order valence-electron chi connectivity index (χ2n) is 7.85.